The fourth-order valence-corrected chi connectivity index (χ4v) is 4.92. The fourth-order valence-electron chi connectivity index (χ4n) is 1.53. The fraction of sp³-hybridized carbons (Fsp3) is 0.0909. The number of aromatic nitrogens is 1. The number of thiazole rings is 1. The molecule has 0 amide bonds. The van der Waals surface area contributed by atoms with Crippen molar-refractivity contribution < 1.29 is 18.3 Å². The quantitative estimate of drug-likeness (QED) is 0.735. The minimum Gasteiger partial charge on any atom is -0.478 e. The zero-order chi connectivity index (χ0) is 15.8. The third-order valence-corrected chi connectivity index (χ3v) is 6.66. The molecule has 2 rings (SSSR count). The van der Waals surface area contributed by atoms with Crippen LogP contribution in [0.5, 0.6) is 0 Å². The van der Waals surface area contributed by atoms with E-state index in [9.17, 15) is 13.2 Å². The first-order valence-electron chi connectivity index (χ1n) is 5.38. The normalized spacial score (nSPS) is 11.4. The molecular formula is C11H8Br2N2O4S2. The monoisotopic (exact) mass is 454 g/mol. The maximum atomic E-state index is 12.4. The number of anilines is 1. The molecule has 112 valence electrons. The van der Waals surface area contributed by atoms with Crippen LogP contribution in [-0.2, 0) is 10.0 Å². The van der Waals surface area contributed by atoms with Crippen LogP contribution in [-0.4, -0.2) is 24.5 Å². The Morgan fingerprint density at radius 1 is 1.38 bits per heavy atom. The molecule has 1 aromatic heterocycles. The minimum absolute atomic E-state index is 0.101. The molecule has 0 saturated carbocycles. The Balaban J connectivity index is 2.51. The number of aryl methyl sites for hydroxylation is 1. The number of halogens is 2. The number of hydrogen-bond donors (Lipinski definition) is 2. The van der Waals surface area contributed by atoms with E-state index in [-0.39, 0.29) is 15.6 Å². The van der Waals surface area contributed by atoms with Gasteiger partial charge in [0.2, 0.25) is 0 Å². The van der Waals surface area contributed by atoms with Crippen molar-refractivity contribution in [2.75, 3.05) is 4.72 Å². The van der Waals surface area contributed by atoms with E-state index in [0.717, 1.165) is 17.4 Å². The lowest BCUT2D eigenvalue weighted by Crippen LogP contribution is -2.15. The van der Waals surface area contributed by atoms with Gasteiger partial charge in [0.15, 0.2) is 5.13 Å². The number of rotatable bonds is 4. The summed E-state index contributed by atoms with van der Waals surface area (Å²) in [5, 5.41) is 9.22. The molecule has 0 radical (unpaired) electrons. The molecule has 0 saturated heterocycles. The first-order valence-corrected chi connectivity index (χ1v) is 9.27. The van der Waals surface area contributed by atoms with Gasteiger partial charge >= 0.3 is 5.97 Å². The zero-order valence-corrected chi connectivity index (χ0v) is 15.2. The summed E-state index contributed by atoms with van der Waals surface area (Å²) in [5.41, 5.74) is 0.409. The van der Waals surface area contributed by atoms with Gasteiger partial charge in [0.25, 0.3) is 10.0 Å². The molecule has 1 heterocycles. The zero-order valence-electron chi connectivity index (χ0n) is 10.4. The van der Waals surface area contributed by atoms with Crippen LogP contribution in [0.4, 0.5) is 5.13 Å². The molecule has 2 aromatic rings. The summed E-state index contributed by atoms with van der Waals surface area (Å²) in [6.45, 7) is 1.62. The van der Waals surface area contributed by atoms with Crippen LogP contribution < -0.4 is 4.72 Å². The second-order valence-corrected chi connectivity index (χ2v) is 8.84. The number of aromatic carboxylic acids is 1. The Morgan fingerprint density at radius 2 is 2.05 bits per heavy atom. The molecule has 0 aliphatic heterocycles. The van der Waals surface area contributed by atoms with Gasteiger partial charge in [-0.3, -0.25) is 4.72 Å². The van der Waals surface area contributed by atoms with Crippen LogP contribution in [0.1, 0.15) is 15.9 Å². The second kappa shape index (κ2) is 6.03. The number of benzene rings is 1. The second-order valence-electron chi connectivity index (χ2n) is 3.99. The molecule has 21 heavy (non-hydrogen) atoms. The van der Waals surface area contributed by atoms with Crippen molar-refractivity contribution in [3.63, 3.8) is 0 Å². The number of carbonyl (C=O) groups is 1. The molecule has 0 aliphatic rings. The van der Waals surface area contributed by atoms with E-state index >= 15 is 0 Å². The lowest BCUT2D eigenvalue weighted by molar-refractivity contribution is 0.0696. The molecule has 0 fully saturated rings. The van der Waals surface area contributed by atoms with Crippen molar-refractivity contribution in [3.05, 3.63) is 37.7 Å². The van der Waals surface area contributed by atoms with E-state index in [4.69, 9.17) is 5.11 Å². The summed E-state index contributed by atoms with van der Waals surface area (Å²) in [4.78, 5) is 14.8. The van der Waals surface area contributed by atoms with Crippen molar-refractivity contribution in [2.24, 2.45) is 0 Å². The summed E-state index contributed by atoms with van der Waals surface area (Å²) in [5.74, 6) is -1.20. The maximum absolute atomic E-state index is 12.4. The Labute approximate surface area is 141 Å². The molecule has 0 aliphatic carbocycles. The van der Waals surface area contributed by atoms with Gasteiger partial charge in [0.05, 0.1) is 15.5 Å². The lowest BCUT2D eigenvalue weighted by atomic mass is 10.1. The molecular weight excluding hydrogens is 448 g/mol. The molecule has 0 unspecified atom stereocenters. The van der Waals surface area contributed by atoms with E-state index in [0.29, 0.717) is 13.8 Å². The Kier molecular flexibility index (Phi) is 4.71. The first-order chi connectivity index (χ1) is 9.70. The van der Waals surface area contributed by atoms with Crippen molar-refractivity contribution in [3.8, 4) is 0 Å². The summed E-state index contributed by atoms with van der Waals surface area (Å²) < 4.78 is 28.1. The average molecular weight is 456 g/mol. The summed E-state index contributed by atoms with van der Waals surface area (Å²) in [6, 6.07) is 2.50. The Morgan fingerprint density at radius 3 is 2.57 bits per heavy atom. The average Bonchev–Trinajstić information content (AvgIpc) is 2.76. The van der Waals surface area contributed by atoms with Gasteiger partial charge in [-0.15, -0.1) is 0 Å². The molecule has 10 heteroatoms. The van der Waals surface area contributed by atoms with Gasteiger partial charge in [0.1, 0.15) is 4.90 Å². The summed E-state index contributed by atoms with van der Waals surface area (Å²) >= 11 is 7.48. The highest BCUT2D eigenvalue weighted by atomic mass is 79.9. The van der Waals surface area contributed by atoms with Crippen LogP contribution in [0.2, 0.25) is 0 Å². The molecule has 2 N–H and O–H groups in total. The lowest BCUT2D eigenvalue weighted by Gasteiger charge is -2.10. The van der Waals surface area contributed by atoms with Crippen LogP contribution >= 0.6 is 43.2 Å². The van der Waals surface area contributed by atoms with E-state index in [1.165, 1.54) is 12.3 Å². The summed E-state index contributed by atoms with van der Waals surface area (Å²) in [7, 11) is -3.94. The topological polar surface area (TPSA) is 96.4 Å². The van der Waals surface area contributed by atoms with Gasteiger partial charge in [0, 0.05) is 4.47 Å². The highest BCUT2D eigenvalue weighted by Gasteiger charge is 2.22. The van der Waals surface area contributed by atoms with Gasteiger partial charge < -0.3 is 5.11 Å². The predicted octanol–water partition coefficient (Wildman–Crippen LogP) is 3.48. The molecule has 6 nitrogen and oxygen atoms in total. The number of carboxylic acid groups (broad SMARTS) is 1. The van der Waals surface area contributed by atoms with Gasteiger partial charge in [-0.2, -0.15) is 0 Å². The SMILES string of the molecule is Cc1cc(C(=O)O)cc(S(=O)(=O)Nc2ncc(Br)s2)c1Br. The van der Waals surface area contributed by atoms with E-state index < -0.39 is 16.0 Å². The number of hydrogen-bond acceptors (Lipinski definition) is 5. The predicted molar refractivity (Wildman–Crippen MR) is 86.5 cm³/mol. The number of nitrogens with zero attached hydrogens (tertiary/aromatic N) is 1. The molecule has 0 atom stereocenters. The Hall–Kier alpha value is -0.970. The maximum Gasteiger partial charge on any atom is 0.335 e. The van der Waals surface area contributed by atoms with Gasteiger partial charge in [-0.1, -0.05) is 11.3 Å². The standard InChI is InChI=1S/C11H8Br2N2O4S2/c1-5-2-6(10(16)17)3-7(9(5)13)21(18,19)15-11-14-4-8(12)20-11/h2-4H,1H3,(H,14,15)(H,16,17). The third-order valence-electron chi connectivity index (χ3n) is 2.46. The summed E-state index contributed by atoms with van der Waals surface area (Å²) in [6.07, 6.45) is 1.47. The molecule has 1 aromatic carbocycles. The molecule has 0 spiro atoms. The van der Waals surface area contributed by atoms with Crippen molar-refractivity contribution in [2.45, 2.75) is 11.8 Å². The van der Waals surface area contributed by atoms with E-state index in [1.807, 2.05) is 0 Å². The van der Waals surface area contributed by atoms with Crippen LogP contribution in [0, 0.1) is 6.92 Å². The van der Waals surface area contributed by atoms with Gasteiger partial charge in [-0.25, -0.2) is 18.2 Å². The largest absolute Gasteiger partial charge is 0.478 e. The Bertz CT molecular complexity index is 818. The smallest absolute Gasteiger partial charge is 0.335 e. The van der Waals surface area contributed by atoms with Crippen molar-refractivity contribution in [1.29, 1.82) is 0 Å². The van der Waals surface area contributed by atoms with Crippen molar-refractivity contribution in [1.82, 2.24) is 4.98 Å². The van der Waals surface area contributed by atoms with Gasteiger partial charge in [-0.05, 0) is 56.5 Å². The van der Waals surface area contributed by atoms with E-state index in [2.05, 4.69) is 41.6 Å². The highest BCUT2D eigenvalue weighted by molar-refractivity contribution is 9.11. The van der Waals surface area contributed by atoms with Crippen molar-refractivity contribution >= 4 is 64.3 Å². The number of carboxylic acids is 1. The van der Waals surface area contributed by atoms with Crippen LogP contribution in [0.15, 0.2) is 31.5 Å². The minimum atomic E-state index is -3.94. The van der Waals surface area contributed by atoms with E-state index in [1.54, 1.807) is 6.92 Å². The number of sulfonamides is 1. The molecule has 0 bridgehead atoms. The van der Waals surface area contributed by atoms with Crippen LogP contribution in [0.3, 0.4) is 0 Å². The number of nitrogens with one attached hydrogen (secondary N) is 1. The highest BCUT2D eigenvalue weighted by Crippen LogP contribution is 2.30. The third kappa shape index (κ3) is 3.62. The van der Waals surface area contributed by atoms with Crippen LogP contribution in [0.25, 0.3) is 0 Å². The first kappa shape index (κ1) is 16.4.